The highest BCUT2D eigenvalue weighted by Crippen LogP contribution is 2.21. The second kappa shape index (κ2) is 7.76. The molecule has 2 unspecified atom stereocenters. The van der Waals surface area contributed by atoms with Crippen LogP contribution in [-0.2, 0) is 0 Å². The second-order valence-electron chi connectivity index (χ2n) is 6.30. The number of rotatable bonds is 6. The van der Waals surface area contributed by atoms with E-state index in [4.69, 9.17) is 22.7 Å². The Hall–Kier alpha value is -1.13. The highest BCUT2D eigenvalue weighted by atomic mass is 32.1. The first-order valence-electron chi connectivity index (χ1n) is 7.79. The topological polar surface area (TPSA) is 38.5 Å². The van der Waals surface area contributed by atoms with Gasteiger partial charge in [-0.25, -0.2) is 0 Å². The molecule has 1 aromatic rings. The number of piperidine rings is 1. The number of nitrogens with two attached hydrogens (primary N) is 1. The number of likely N-dealkylation sites (tertiary alicyclic amines) is 1. The van der Waals surface area contributed by atoms with Crippen molar-refractivity contribution in [2.45, 2.75) is 26.7 Å². The molecule has 2 N–H and O–H groups in total. The van der Waals surface area contributed by atoms with E-state index in [1.807, 2.05) is 24.3 Å². The van der Waals surface area contributed by atoms with Crippen LogP contribution in [-0.4, -0.2) is 36.1 Å². The summed E-state index contributed by atoms with van der Waals surface area (Å²) in [5, 5.41) is 0. The summed E-state index contributed by atoms with van der Waals surface area (Å²) >= 11 is 4.98. The third-order valence-corrected chi connectivity index (χ3v) is 4.19. The van der Waals surface area contributed by atoms with Crippen LogP contribution in [0.2, 0.25) is 0 Å². The minimum absolute atomic E-state index is 0.414. The summed E-state index contributed by atoms with van der Waals surface area (Å²) in [5.74, 6) is 2.48. The number of nitrogens with zero attached hydrogens (tertiary/aromatic N) is 1. The normalized spacial score (nSPS) is 23.0. The van der Waals surface area contributed by atoms with Crippen LogP contribution in [0.25, 0.3) is 0 Å². The summed E-state index contributed by atoms with van der Waals surface area (Å²) in [6.07, 6.45) is 2.41. The minimum atomic E-state index is 0.414. The molecule has 0 aromatic heterocycles. The van der Waals surface area contributed by atoms with E-state index < -0.39 is 0 Å². The molecule has 3 nitrogen and oxygen atoms in total. The summed E-state index contributed by atoms with van der Waals surface area (Å²) in [5.41, 5.74) is 6.49. The van der Waals surface area contributed by atoms with Crippen molar-refractivity contribution in [1.82, 2.24) is 4.90 Å². The van der Waals surface area contributed by atoms with Crippen molar-refractivity contribution in [1.29, 1.82) is 0 Å². The van der Waals surface area contributed by atoms with Crippen LogP contribution in [0.4, 0.5) is 0 Å². The zero-order valence-electron chi connectivity index (χ0n) is 13.0. The molecule has 0 amide bonds. The van der Waals surface area contributed by atoms with E-state index in [2.05, 4.69) is 18.7 Å². The Kier molecular flexibility index (Phi) is 6.00. The maximum Gasteiger partial charge on any atom is 0.119 e. The van der Waals surface area contributed by atoms with Gasteiger partial charge in [0.15, 0.2) is 0 Å². The lowest BCUT2D eigenvalue weighted by molar-refractivity contribution is 0.132. The maximum absolute atomic E-state index is 5.80. The van der Waals surface area contributed by atoms with E-state index in [1.54, 1.807) is 0 Å². The maximum atomic E-state index is 5.80. The third kappa shape index (κ3) is 5.29. The van der Waals surface area contributed by atoms with Crippen molar-refractivity contribution >= 4 is 17.2 Å². The Morgan fingerprint density at radius 3 is 2.71 bits per heavy atom. The molecule has 0 aliphatic carbocycles. The highest BCUT2D eigenvalue weighted by molar-refractivity contribution is 7.80. The van der Waals surface area contributed by atoms with Crippen LogP contribution in [0.15, 0.2) is 24.3 Å². The number of ether oxygens (including phenoxy) is 1. The van der Waals surface area contributed by atoms with Gasteiger partial charge in [-0.05, 0) is 36.8 Å². The van der Waals surface area contributed by atoms with Crippen LogP contribution in [0.5, 0.6) is 5.75 Å². The van der Waals surface area contributed by atoms with Crippen molar-refractivity contribution in [2.24, 2.45) is 17.6 Å². The Morgan fingerprint density at radius 2 is 2.05 bits per heavy atom. The first-order valence-corrected chi connectivity index (χ1v) is 8.20. The first-order chi connectivity index (χ1) is 10.0. The molecule has 1 aromatic carbocycles. The number of thiocarbonyl (C=S) groups is 1. The van der Waals surface area contributed by atoms with Crippen LogP contribution >= 0.6 is 12.2 Å². The monoisotopic (exact) mass is 306 g/mol. The fourth-order valence-electron chi connectivity index (χ4n) is 3.19. The summed E-state index contributed by atoms with van der Waals surface area (Å²) < 4.78 is 5.80. The standard InChI is InChI=1S/C17H26N2OS/c1-13-9-14(2)12-19(11-13)7-4-8-20-16-6-3-5-15(10-16)17(18)21/h3,5-6,10,13-14H,4,7-9,11-12H2,1-2H3,(H2,18,21). The molecule has 0 radical (unpaired) electrons. The van der Waals surface area contributed by atoms with Crippen molar-refractivity contribution < 1.29 is 4.74 Å². The van der Waals surface area contributed by atoms with E-state index in [-0.39, 0.29) is 0 Å². The fourth-order valence-corrected chi connectivity index (χ4v) is 3.32. The van der Waals surface area contributed by atoms with Gasteiger partial charge in [-0.2, -0.15) is 0 Å². The molecule has 0 spiro atoms. The SMILES string of the molecule is CC1CC(C)CN(CCCOc2cccc(C(N)=S)c2)C1. The molecular formula is C17H26N2OS. The fraction of sp³-hybridized carbons (Fsp3) is 0.588. The smallest absolute Gasteiger partial charge is 0.119 e. The molecule has 21 heavy (non-hydrogen) atoms. The lowest BCUT2D eigenvalue weighted by atomic mass is 9.92. The van der Waals surface area contributed by atoms with E-state index in [0.29, 0.717) is 4.99 Å². The van der Waals surface area contributed by atoms with Crippen LogP contribution in [0, 0.1) is 11.8 Å². The summed E-state index contributed by atoms with van der Waals surface area (Å²) in [4.78, 5) is 2.98. The number of benzene rings is 1. The summed E-state index contributed by atoms with van der Waals surface area (Å²) in [6, 6.07) is 7.70. The zero-order chi connectivity index (χ0) is 15.2. The molecule has 1 aliphatic rings. The average molecular weight is 306 g/mol. The van der Waals surface area contributed by atoms with Gasteiger partial charge >= 0.3 is 0 Å². The Balaban J connectivity index is 1.72. The van der Waals surface area contributed by atoms with Crippen molar-refractivity contribution in [3.05, 3.63) is 29.8 Å². The molecule has 0 saturated carbocycles. The number of hydrogen-bond acceptors (Lipinski definition) is 3. The second-order valence-corrected chi connectivity index (χ2v) is 6.74. The van der Waals surface area contributed by atoms with Gasteiger partial charge in [-0.15, -0.1) is 0 Å². The zero-order valence-corrected chi connectivity index (χ0v) is 13.9. The largest absolute Gasteiger partial charge is 0.494 e. The quantitative estimate of drug-likeness (QED) is 0.647. The molecule has 1 heterocycles. The van der Waals surface area contributed by atoms with Crippen molar-refractivity contribution in [2.75, 3.05) is 26.2 Å². The minimum Gasteiger partial charge on any atom is -0.494 e. The van der Waals surface area contributed by atoms with Gasteiger partial charge in [0.25, 0.3) is 0 Å². The summed E-state index contributed by atoms with van der Waals surface area (Å²) in [7, 11) is 0. The van der Waals surface area contributed by atoms with E-state index in [0.717, 1.165) is 42.7 Å². The molecule has 1 aliphatic heterocycles. The molecular weight excluding hydrogens is 280 g/mol. The van der Waals surface area contributed by atoms with Gasteiger partial charge in [-0.1, -0.05) is 38.2 Å². The van der Waals surface area contributed by atoms with Gasteiger partial charge in [0.1, 0.15) is 10.7 Å². The Bertz CT molecular complexity index is 468. The predicted molar refractivity (Wildman–Crippen MR) is 91.8 cm³/mol. The lowest BCUT2D eigenvalue weighted by Gasteiger charge is -2.34. The van der Waals surface area contributed by atoms with E-state index >= 15 is 0 Å². The molecule has 4 heteroatoms. The van der Waals surface area contributed by atoms with Gasteiger partial charge in [-0.3, -0.25) is 0 Å². The van der Waals surface area contributed by atoms with E-state index in [9.17, 15) is 0 Å². The lowest BCUT2D eigenvalue weighted by Crippen LogP contribution is -2.39. The molecule has 2 rings (SSSR count). The van der Waals surface area contributed by atoms with Crippen LogP contribution < -0.4 is 10.5 Å². The average Bonchev–Trinajstić information content (AvgIpc) is 2.43. The summed E-state index contributed by atoms with van der Waals surface area (Å²) in [6.45, 7) is 8.99. The van der Waals surface area contributed by atoms with Crippen LogP contribution in [0.3, 0.4) is 0 Å². The molecule has 1 fully saturated rings. The van der Waals surface area contributed by atoms with Gasteiger partial charge in [0.2, 0.25) is 0 Å². The van der Waals surface area contributed by atoms with Crippen molar-refractivity contribution in [3.63, 3.8) is 0 Å². The van der Waals surface area contributed by atoms with Crippen molar-refractivity contribution in [3.8, 4) is 5.75 Å². The highest BCUT2D eigenvalue weighted by Gasteiger charge is 2.20. The Morgan fingerprint density at radius 1 is 1.33 bits per heavy atom. The molecule has 0 bridgehead atoms. The number of hydrogen-bond donors (Lipinski definition) is 1. The molecule has 1 saturated heterocycles. The third-order valence-electron chi connectivity index (χ3n) is 3.95. The molecule has 116 valence electrons. The first kappa shape index (κ1) is 16.2. The van der Waals surface area contributed by atoms with Crippen LogP contribution in [0.1, 0.15) is 32.3 Å². The van der Waals surface area contributed by atoms with Gasteiger partial charge in [0.05, 0.1) is 6.61 Å². The predicted octanol–water partition coefficient (Wildman–Crippen LogP) is 3.07. The van der Waals surface area contributed by atoms with Gasteiger partial charge in [0, 0.05) is 25.2 Å². The Labute approximate surface area is 133 Å². The van der Waals surface area contributed by atoms with E-state index in [1.165, 1.54) is 19.5 Å². The van der Waals surface area contributed by atoms with Gasteiger partial charge < -0.3 is 15.4 Å². The molecule has 2 atom stereocenters.